The van der Waals surface area contributed by atoms with Crippen LogP contribution in [0, 0.1) is 13.8 Å². The van der Waals surface area contributed by atoms with Crippen molar-refractivity contribution in [3.05, 3.63) is 41.2 Å². The molecule has 19 heavy (non-hydrogen) atoms. The fourth-order valence-corrected chi connectivity index (χ4v) is 1.76. The summed E-state index contributed by atoms with van der Waals surface area (Å²) in [4.78, 5) is 0. The van der Waals surface area contributed by atoms with Crippen LogP contribution in [0.5, 0.6) is 0 Å². The number of aryl methyl sites for hydroxylation is 2. The third kappa shape index (κ3) is 3.62. The molecule has 0 saturated carbocycles. The van der Waals surface area contributed by atoms with Crippen molar-refractivity contribution in [3.63, 3.8) is 0 Å². The number of methoxy groups -OCH3 is 1. The Balaban J connectivity index is 2.01. The largest absolute Gasteiger partial charge is 0.383 e. The second-order valence-electron chi connectivity index (χ2n) is 4.59. The van der Waals surface area contributed by atoms with Gasteiger partial charge in [-0.05, 0) is 37.1 Å². The van der Waals surface area contributed by atoms with Gasteiger partial charge in [0.1, 0.15) is 0 Å². The lowest BCUT2D eigenvalue weighted by molar-refractivity contribution is 0.199. The third-order valence-corrected chi connectivity index (χ3v) is 3.08. The number of hydrogen-bond donors (Lipinski definition) is 1. The standard InChI is InChI=1S/C14H20N4O/c1-11-4-5-14(8-12(11)2)18-10-13(16-17-18)9-15-6-7-19-3/h4-5,8,10,15H,6-7,9H2,1-3H3. The van der Waals surface area contributed by atoms with Crippen molar-refractivity contribution in [3.8, 4) is 5.69 Å². The lowest BCUT2D eigenvalue weighted by Gasteiger charge is -2.04. The number of rotatable bonds is 6. The van der Waals surface area contributed by atoms with Crippen LogP contribution in [0.2, 0.25) is 0 Å². The first-order valence-corrected chi connectivity index (χ1v) is 6.39. The minimum absolute atomic E-state index is 0.700. The summed E-state index contributed by atoms with van der Waals surface area (Å²) in [6.45, 7) is 6.42. The van der Waals surface area contributed by atoms with E-state index in [9.17, 15) is 0 Å². The molecule has 0 aliphatic carbocycles. The Morgan fingerprint density at radius 1 is 1.26 bits per heavy atom. The van der Waals surface area contributed by atoms with Crippen molar-refractivity contribution in [2.24, 2.45) is 0 Å². The van der Waals surface area contributed by atoms with Gasteiger partial charge in [0, 0.05) is 20.2 Å². The molecule has 0 atom stereocenters. The Labute approximate surface area is 113 Å². The van der Waals surface area contributed by atoms with E-state index < -0.39 is 0 Å². The first-order chi connectivity index (χ1) is 9.20. The normalized spacial score (nSPS) is 10.9. The van der Waals surface area contributed by atoms with Crippen LogP contribution in [0.25, 0.3) is 5.69 Å². The zero-order chi connectivity index (χ0) is 13.7. The van der Waals surface area contributed by atoms with Gasteiger partial charge < -0.3 is 10.1 Å². The van der Waals surface area contributed by atoms with Gasteiger partial charge in [-0.2, -0.15) is 0 Å². The summed E-state index contributed by atoms with van der Waals surface area (Å²) >= 11 is 0. The van der Waals surface area contributed by atoms with Gasteiger partial charge in [-0.1, -0.05) is 11.3 Å². The topological polar surface area (TPSA) is 52.0 Å². The molecule has 0 aliphatic heterocycles. The minimum Gasteiger partial charge on any atom is -0.383 e. The van der Waals surface area contributed by atoms with Gasteiger partial charge >= 0.3 is 0 Å². The fourth-order valence-electron chi connectivity index (χ4n) is 1.76. The molecule has 1 heterocycles. The molecule has 0 bridgehead atoms. The number of benzene rings is 1. The van der Waals surface area contributed by atoms with Gasteiger partial charge in [-0.15, -0.1) is 5.10 Å². The number of ether oxygens (including phenoxy) is 1. The lowest BCUT2D eigenvalue weighted by Crippen LogP contribution is -2.18. The summed E-state index contributed by atoms with van der Waals surface area (Å²) in [5.41, 5.74) is 4.51. The predicted octanol–water partition coefficient (Wildman–Crippen LogP) is 1.62. The first-order valence-electron chi connectivity index (χ1n) is 6.39. The van der Waals surface area contributed by atoms with E-state index in [4.69, 9.17) is 4.74 Å². The second kappa shape index (κ2) is 6.45. The van der Waals surface area contributed by atoms with Crippen LogP contribution < -0.4 is 5.32 Å². The maximum atomic E-state index is 4.97. The highest BCUT2D eigenvalue weighted by molar-refractivity contribution is 5.38. The van der Waals surface area contributed by atoms with Crippen LogP contribution in [0.15, 0.2) is 24.4 Å². The zero-order valence-electron chi connectivity index (χ0n) is 11.7. The Bertz CT molecular complexity index is 536. The minimum atomic E-state index is 0.700. The van der Waals surface area contributed by atoms with E-state index in [1.54, 1.807) is 11.8 Å². The molecule has 0 amide bonds. The summed E-state index contributed by atoms with van der Waals surface area (Å²) in [7, 11) is 1.69. The van der Waals surface area contributed by atoms with Gasteiger partial charge in [-0.25, -0.2) is 4.68 Å². The highest BCUT2D eigenvalue weighted by Crippen LogP contribution is 2.13. The van der Waals surface area contributed by atoms with Crippen LogP contribution in [-0.4, -0.2) is 35.3 Å². The van der Waals surface area contributed by atoms with Crippen LogP contribution >= 0.6 is 0 Å². The fraction of sp³-hybridized carbons (Fsp3) is 0.429. The van der Waals surface area contributed by atoms with Gasteiger partial charge in [0.25, 0.3) is 0 Å². The molecule has 1 aromatic carbocycles. The summed E-state index contributed by atoms with van der Waals surface area (Å²) in [5.74, 6) is 0. The first kappa shape index (κ1) is 13.7. The molecule has 0 radical (unpaired) electrons. The predicted molar refractivity (Wildman–Crippen MR) is 74.4 cm³/mol. The van der Waals surface area contributed by atoms with Crippen molar-refractivity contribution < 1.29 is 4.74 Å². The maximum Gasteiger partial charge on any atom is 0.0969 e. The van der Waals surface area contributed by atoms with E-state index in [-0.39, 0.29) is 0 Å². The molecule has 0 unspecified atom stereocenters. The van der Waals surface area contributed by atoms with Crippen LogP contribution in [0.1, 0.15) is 16.8 Å². The number of hydrogen-bond acceptors (Lipinski definition) is 4. The molecule has 0 saturated heterocycles. The Hall–Kier alpha value is -1.72. The number of nitrogens with zero attached hydrogens (tertiary/aromatic N) is 3. The molecule has 0 spiro atoms. The van der Waals surface area contributed by atoms with E-state index in [0.717, 1.165) is 17.9 Å². The SMILES string of the molecule is COCCNCc1cn(-c2ccc(C)c(C)c2)nn1. The van der Waals surface area contributed by atoms with Crippen molar-refractivity contribution in [2.45, 2.75) is 20.4 Å². The molecular formula is C14H20N4O. The van der Waals surface area contributed by atoms with Crippen LogP contribution in [0.4, 0.5) is 0 Å². The number of nitrogens with one attached hydrogen (secondary N) is 1. The van der Waals surface area contributed by atoms with E-state index in [1.165, 1.54) is 11.1 Å². The second-order valence-corrected chi connectivity index (χ2v) is 4.59. The zero-order valence-corrected chi connectivity index (χ0v) is 11.7. The van der Waals surface area contributed by atoms with Gasteiger partial charge in [-0.3, -0.25) is 0 Å². The molecule has 102 valence electrons. The average molecular weight is 260 g/mol. The van der Waals surface area contributed by atoms with Crippen molar-refractivity contribution >= 4 is 0 Å². The van der Waals surface area contributed by atoms with Crippen molar-refractivity contribution in [1.29, 1.82) is 0 Å². The van der Waals surface area contributed by atoms with Crippen molar-refractivity contribution in [2.75, 3.05) is 20.3 Å². The third-order valence-electron chi connectivity index (χ3n) is 3.08. The molecule has 2 aromatic rings. The summed E-state index contributed by atoms with van der Waals surface area (Å²) < 4.78 is 6.78. The molecule has 0 fully saturated rings. The summed E-state index contributed by atoms with van der Waals surface area (Å²) in [6.07, 6.45) is 1.95. The summed E-state index contributed by atoms with van der Waals surface area (Å²) in [6, 6.07) is 6.27. The summed E-state index contributed by atoms with van der Waals surface area (Å²) in [5, 5.41) is 11.6. The van der Waals surface area contributed by atoms with Gasteiger partial charge in [0.2, 0.25) is 0 Å². The Morgan fingerprint density at radius 3 is 2.84 bits per heavy atom. The highest BCUT2D eigenvalue weighted by atomic mass is 16.5. The molecule has 5 nitrogen and oxygen atoms in total. The van der Waals surface area contributed by atoms with Gasteiger partial charge in [0.05, 0.1) is 24.2 Å². The van der Waals surface area contributed by atoms with E-state index in [1.807, 2.05) is 6.20 Å². The van der Waals surface area contributed by atoms with Gasteiger partial charge in [0.15, 0.2) is 0 Å². The Kier molecular flexibility index (Phi) is 4.65. The molecule has 1 N–H and O–H groups in total. The molecular weight excluding hydrogens is 240 g/mol. The van der Waals surface area contributed by atoms with E-state index in [2.05, 4.69) is 47.7 Å². The Morgan fingerprint density at radius 2 is 2.11 bits per heavy atom. The lowest BCUT2D eigenvalue weighted by atomic mass is 10.1. The quantitative estimate of drug-likeness (QED) is 0.802. The maximum absolute atomic E-state index is 4.97. The van der Waals surface area contributed by atoms with Crippen LogP contribution in [-0.2, 0) is 11.3 Å². The smallest absolute Gasteiger partial charge is 0.0969 e. The monoisotopic (exact) mass is 260 g/mol. The van der Waals surface area contributed by atoms with E-state index >= 15 is 0 Å². The molecule has 5 heteroatoms. The van der Waals surface area contributed by atoms with Crippen molar-refractivity contribution in [1.82, 2.24) is 20.3 Å². The van der Waals surface area contributed by atoms with E-state index in [0.29, 0.717) is 13.2 Å². The van der Waals surface area contributed by atoms with Crippen LogP contribution in [0.3, 0.4) is 0 Å². The molecule has 1 aromatic heterocycles. The highest BCUT2D eigenvalue weighted by Gasteiger charge is 2.03. The molecule has 2 rings (SSSR count). The molecule has 0 aliphatic rings. The average Bonchev–Trinajstić information content (AvgIpc) is 2.87. The number of aromatic nitrogens is 3.